The van der Waals surface area contributed by atoms with Crippen molar-refractivity contribution in [2.45, 2.75) is 25.7 Å². The Kier molecular flexibility index (Phi) is 4.81. The van der Waals surface area contributed by atoms with Crippen molar-refractivity contribution in [2.24, 2.45) is 7.05 Å². The van der Waals surface area contributed by atoms with Crippen LogP contribution in [0.5, 0.6) is 0 Å². The molecule has 1 N–H and O–H groups in total. The lowest BCUT2D eigenvalue weighted by molar-refractivity contribution is 0.0685. The summed E-state index contributed by atoms with van der Waals surface area (Å²) in [6.45, 7) is 3.01. The van der Waals surface area contributed by atoms with Gasteiger partial charge < -0.3 is 10.0 Å². The van der Waals surface area contributed by atoms with E-state index in [-0.39, 0.29) is 23.1 Å². The number of aryl methyl sites for hydroxylation is 1. The summed E-state index contributed by atoms with van der Waals surface area (Å²) in [5, 5.41) is 13.8. The molecule has 0 unspecified atom stereocenters. The van der Waals surface area contributed by atoms with E-state index in [0.717, 1.165) is 24.1 Å². The van der Waals surface area contributed by atoms with E-state index in [9.17, 15) is 9.59 Å². The number of likely N-dealkylation sites (tertiary alicyclic amines) is 1. The van der Waals surface area contributed by atoms with Crippen LogP contribution in [0, 0.1) is 6.92 Å². The number of nitrogens with zero attached hydrogens (tertiary/aromatic N) is 3. The van der Waals surface area contributed by atoms with Crippen molar-refractivity contribution in [3.8, 4) is 0 Å². The molecule has 2 aromatic rings. The first-order valence-electron chi connectivity index (χ1n) is 8.20. The Morgan fingerprint density at radius 3 is 2.76 bits per heavy atom. The molecular weight excluding hydrogens is 342 g/mol. The first-order chi connectivity index (χ1) is 11.9. The standard InChI is InChI=1S/C18H20ClN3O3/c1-11-15(19)16(20-21(11)2)17(23)22-8-4-7-14(10-22)12-5-3-6-13(9-12)18(24)25/h3,5-6,9,14H,4,7-8,10H2,1-2H3,(H,24,25)/t14-/m0/s1. The van der Waals surface area contributed by atoms with Crippen LogP contribution >= 0.6 is 11.6 Å². The van der Waals surface area contributed by atoms with Gasteiger partial charge in [0.15, 0.2) is 5.69 Å². The molecule has 7 heteroatoms. The minimum atomic E-state index is -0.943. The minimum Gasteiger partial charge on any atom is -0.478 e. The van der Waals surface area contributed by atoms with Crippen molar-refractivity contribution < 1.29 is 14.7 Å². The third kappa shape index (κ3) is 3.39. The van der Waals surface area contributed by atoms with Crippen molar-refractivity contribution in [2.75, 3.05) is 13.1 Å². The summed E-state index contributed by atoms with van der Waals surface area (Å²) in [7, 11) is 1.76. The van der Waals surface area contributed by atoms with Crippen molar-refractivity contribution in [3.63, 3.8) is 0 Å². The summed E-state index contributed by atoms with van der Waals surface area (Å²) in [4.78, 5) is 25.7. The Morgan fingerprint density at radius 1 is 1.36 bits per heavy atom. The molecule has 2 heterocycles. The number of hydrogen-bond donors (Lipinski definition) is 1. The van der Waals surface area contributed by atoms with Gasteiger partial charge >= 0.3 is 5.97 Å². The number of benzene rings is 1. The molecule has 25 heavy (non-hydrogen) atoms. The largest absolute Gasteiger partial charge is 0.478 e. The van der Waals surface area contributed by atoms with Gasteiger partial charge in [-0.3, -0.25) is 9.48 Å². The zero-order valence-corrected chi connectivity index (χ0v) is 15.0. The van der Waals surface area contributed by atoms with Crippen LogP contribution in [0.2, 0.25) is 5.02 Å². The smallest absolute Gasteiger partial charge is 0.335 e. The Bertz CT molecular complexity index is 831. The average molecular weight is 362 g/mol. The molecular formula is C18H20ClN3O3. The molecule has 1 aliphatic heterocycles. The fourth-order valence-corrected chi connectivity index (χ4v) is 3.47. The molecule has 3 rings (SSSR count). The highest BCUT2D eigenvalue weighted by Gasteiger charge is 2.29. The lowest BCUT2D eigenvalue weighted by Gasteiger charge is -2.32. The van der Waals surface area contributed by atoms with Crippen LogP contribution in [-0.2, 0) is 7.05 Å². The number of aromatic carboxylic acids is 1. The second-order valence-electron chi connectivity index (χ2n) is 6.39. The zero-order valence-electron chi connectivity index (χ0n) is 14.2. The van der Waals surface area contributed by atoms with Gasteiger partial charge in [-0.1, -0.05) is 23.7 Å². The highest BCUT2D eigenvalue weighted by molar-refractivity contribution is 6.34. The number of carbonyl (C=O) groups excluding carboxylic acids is 1. The van der Waals surface area contributed by atoms with E-state index >= 15 is 0 Å². The van der Waals surface area contributed by atoms with Crippen LogP contribution in [0.25, 0.3) is 0 Å². The topological polar surface area (TPSA) is 75.4 Å². The third-order valence-electron chi connectivity index (χ3n) is 4.78. The molecule has 1 fully saturated rings. The fourth-order valence-electron chi connectivity index (χ4n) is 3.23. The van der Waals surface area contributed by atoms with E-state index in [0.29, 0.717) is 18.1 Å². The number of carboxylic acids is 1. The highest BCUT2D eigenvalue weighted by atomic mass is 35.5. The number of piperidine rings is 1. The second kappa shape index (κ2) is 6.88. The van der Waals surface area contributed by atoms with Gasteiger partial charge in [-0.15, -0.1) is 0 Å². The van der Waals surface area contributed by atoms with Crippen molar-refractivity contribution in [3.05, 3.63) is 51.8 Å². The van der Waals surface area contributed by atoms with E-state index in [4.69, 9.17) is 16.7 Å². The van der Waals surface area contributed by atoms with Crippen molar-refractivity contribution >= 4 is 23.5 Å². The molecule has 1 amide bonds. The number of carboxylic acid groups (broad SMARTS) is 1. The Labute approximate surface area is 151 Å². The summed E-state index contributed by atoms with van der Waals surface area (Å²) in [5.74, 6) is -1.00. The molecule has 1 atom stereocenters. The van der Waals surface area contributed by atoms with Gasteiger partial charge in [0.05, 0.1) is 16.3 Å². The predicted molar refractivity (Wildman–Crippen MR) is 94.2 cm³/mol. The molecule has 0 spiro atoms. The average Bonchev–Trinajstić information content (AvgIpc) is 2.88. The number of amides is 1. The summed E-state index contributed by atoms with van der Waals surface area (Å²) in [6, 6.07) is 6.94. The normalized spacial score (nSPS) is 17.6. The Hall–Kier alpha value is -2.34. The van der Waals surface area contributed by atoms with Crippen LogP contribution < -0.4 is 0 Å². The lowest BCUT2D eigenvalue weighted by atomic mass is 9.89. The van der Waals surface area contributed by atoms with E-state index in [1.165, 1.54) is 0 Å². The number of aromatic nitrogens is 2. The Balaban J connectivity index is 1.81. The second-order valence-corrected chi connectivity index (χ2v) is 6.77. The van der Waals surface area contributed by atoms with Crippen LogP contribution in [0.15, 0.2) is 24.3 Å². The minimum absolute atomic E-state index is 0.112. The van der Waals surface area contributed by atoms with Gasteiger partial charge in [-0.05, 0) is 37.5 Å². The maximum absolute atomic E-state index is 12.8. The van der Waals surface area contributed by atoms with Crippen LogP contribution in [0.4, 0.5) is 0 Å². The van der Waals surface area contributed by atoms with E-state index in [2.05, 4.69) is 5.10 Å². The Morgan fingerprint density at radius 2 is 2.12 bits per heavy atom. The molecule has 1 aromatic carbocycles. The number of rotatable bonds is 3. The molecule has 1 saturated heterocycles. The summed E-state index contributed by atoms with van der Waals surface area (Å²) in [6.07, 6.45) is 1.78. The molecule has 1 aliphatic rings. The van der Waals surface area contributed by atoms with Crippen LogP contribution in [0.3, 0.4) is 0 Å². The molecule has 0 bridgehead atoms. The molecule has 1 aromatic heterocycles. The lowest BCUT2D eigenvalue weighted by Crippen LogP contribution is -2.39. The molecule has 132 valence electrons. The highest BCUT2D eigenvalue weighted by Crippen LogP contribution is 2.29. The van der Waals surface area contributed by atoms with Gasteiger partial charge in [0, 0.05) is 26.1 Å². The van der Waals surface area contributed by atoms with Gasteiger partial charge in [0.25, 0.3) is 5.91 Å². The predicted octanol–water partition coefficient (Wildman–Crippen LogP) is 3.10. The molecule has 0 radical (unpaired) electrons. The molecule has 0 aliphatic carbocycles. The quantitative estimate of drug-likeness (QED) is 0.911. The summed E-state index contributed by atoms with van der Waals surface area (Å²) < 4.78 is 1.60. The van der Waals surface area contributed by atoms with Gasteiger partial charge in [0.2, 0.25) is 0 Å². The van der Waals surface area contributed by atoms with Gasteiger partial charge in [-0.25, -0.2) is 4.79 Å². The van der Waals surface area contributed by atoms with E-state index < -0.39 is 5.97 Å². The fraction of sp³-hybridized carbons (Fsp3) is 0.389. The third-order valence-corrected chi connectivity index (χ3v) is 5.23. The van der Waals surface area contributed by atoms with Crippen molar-refractivity contribution in [1.82, 2.24) is 14.7 Å². The van der Waals surface area contributed by atoms with Gasteiger partial charge in [0.1, 0.15) is 0 Å². The summed E-state index contributed by atoms with van der Waals surface area (Å²) >= 11 is 6.24. The van der Waals surface area contributed by atoms with Crippen molar-refractivity contribution in [1.29, 1.82) is 0 Å². The zero-order chi connectivity index (χ0) is 18.1. The molecule has 6 nitrogen and oxygen atoms in total. The monoisotopic (exact) mass is 361 g/mol. The maximum atomic E-state index is 12.8. The van der Waals surface area contributed by atoms with E-state index in [1.54, 1.807) is 34.8 Å². The van der Waals surface area contributed by atoms with Crippen LogP contribution in [-0.4, -0.2) is 44.8 Å². The maximum Gasteiger partial charge on any atom is 0.335 e. The first kappa shape index (κ1) is 17.5. The summed E-state index contributed by atoms with van der Waals surface area (Å²) in [5.41, 5.74) is 2.25. The van der Waals surface area contributed by atoms with E-state index in [1.807, 2.05) is 13.0 Å². The van der Waals surface area contributed by atoms with Crippen LogP contribution in [0.1, 0.15) is 50.9 Å². The number of halogens is 1. The number of hydrogen-bond acceptors (Lipinski definition) is 3. The first-order valence-corrected chi connectivity index (χ1v) is 8.58. The SMILES string of the molecule is Cc1c(Cl)c(C(=O)N2CCC[C@H](c3cccc(C(=O)O)c3)C2)nn1C. The van der Waals surface area contributed by atoms with Gasteiger partial charge in [-0.2, -0.15) is 5.10 Å². The molecule has 0 saturated carbocycles. The number of carbonyl (C=O) groups is 2.